The summed E-state index contributed by atoms with van der Waals surface area (Å²) < 4.78 is 15.7. The Morgan fingerprint density at radius 3 is 2.27 bits per heavy atom. The van der Waals surface area contributed by atoms with Crippen molar-refractivity contribution in [2.45, 2.75) is 4.34 Å². The van der Waals surface area contributed by atoms with Gasteiger partial charge in [-0.15, -0.1) is 5.10 Å². The summed E-state index contributed by atoms with van der Waals surface area (Å²) in [6.07, 6.45) is 0. The van der Waals surface area contributed by atoms with E-state index in [1.165, 1.54) is 44.8 Å². The molecule has 3 aromatic rings. The summed E-state index contributed by atoms with van der Waals surface area (Å²) in [5.74, 6) is -0.798. The van der Waals surface area contributed by atoms with Gasteiger partial charge in [0.1, 0.15) is 5.82 Å². The Morgan fingerprint density at radius 2 is 1.65 bits per heavy atom. The van der Waals surface area contributed by atoms with Crippen molar-refractivity contribution in [2.24, 2.45) is 0 Å². The maximum Gasteiger partial charge on any atom is 0.262 e. The van der Waals surface area contributed by atoms with Crippen LogP contribution in [-0.4, -0.2) is 32.4 Å². The third kappa shape index (κ3) is 2.98. The number of amides is 2. The van der Waals surface area contributed by atoms with E-state index in [4.69, 9.17) is 12.2 Å². The van der Waals surface area contributed by atoms with E-state index in [1.807, 2.05) is 0 Å². The van der Waals surface area contributed by atoms with Crippen molar-refractivity contribution in [2.75, 3.05) is 5.88 Å². The number of rotatable bonds is 4. The third-order valence-electron chi connectivity index (χ3n) is 3.80. The Hall–Kier alpha value is -2.36. The molecule has 0 aliphatic carbocycles. The molecule has 2 amide bonds. The lowest BCUT2D eigenvalue weighted by Gasteiger charge is -2.11. The predicted octanol–water partition coefficient (Wildman–Crippen LogP) is 4.15. The minimum absolute atomic E-state index is 0.151. The number of benzene rings is 2. The normalized spacial score (nSPS) is 13.3. The van der Waals surface area contributed by atoms with Gasteiger partial charge in [0, 0.05) is 0 Å². The molecule has 0 spiro atoms. The van der Waals surface area contributed by atoms with Crippen LogP contribution in [-0.2, 0) is 0 Å². The van der Waals surface area contributed by atoms with Gasteiger partial charge in [0.15, 0.2) is 8.29 Å². The van der Waals surface area contributed by atoms with Crippen LogP contribution < -0.4 is 0 Å². The van der Waals surface area contributed by atoms with Crippen molar-refractivity contribution in [3.63, 3.8) is 0 Å². The van der Waals surface area contributed by atoms with Gasteiger partial charge in [-0.1, -0.05) is 35.2 Å². The molecule has 5 nitrogen and oxygen atoms in total. The number of hydrogen-bond donors (Lipinski definition) is 0. The summed E-state index contributed by atoms with van der Waals surface area (Å²) in [5.41, 5.74) is 1.49. The van der Waals surface area contributed by atoms with Crippen LogP contribution in [0, 0.1) is 9.77 Å². The lowest BCUT2D eigenvalue weighted by molar-refractivity contribution is 0.0684. The van der Waals surface area contributed by atoms with Gasteiger partial charge in [0.2, 0.25) is 0 Å². The van der Waals surface area contributed by atoms with E-state index in [0.29, 0.717) is 25.1 Å². The van der Waals surface area contributed by atoms with E-state index in [9.17, 15) is 14.0 Å². The Kier molecular flexibility index (Phi) is 4.43. The van der Waals surface area contributed by atoms with Gasteiger partial charge in [0.25, 0.3) is 11.8 Å². The Balaban J connectivity index is 1.52. The average Bonchev–Trinajstić information content (AvgIpc) is 3.13. The maximum atomic E-state index is 13.1. The van der Waals surface area contributed by atoms with E-state index in [0.717, 1.165) is 0 Å². The second kappa shape index (κ2) is 6.75. The molecule has 0 N–H and O–H groups in total. The summed E-state index contributed by atoms with van der Waals surface area (Å²) in [7, 11) is 0. The second-order valence-electron chi connectivity index (χ2n) is 5.38. The number of thioether (sulfide) groups is 1. The topological polar surface area (TPSA) is 55.2 Å². The molecule has 4 rings (SSSR count). The van der Waals surface area contributed by atoms with Gasteiger partial charge in [0.05, 0.1) is 22.7 Å². The summed E-state index contributed by atoms with van der Waals surface area (Å²) in [4.78, 5) is 25.9. The highest BCUT2D eigenvalue weighted by Gasteiger charge is 2.35. The first-order valence-electron chi connectivity index (χ1n) is 7.49. The fourth-order valence-electron chi connectivity index (χ4n) is 2.54. The zero-order valence-electron chi connectivity index (χ0n) is 13.1. The van der Waals surface area contributed by atoms with Gasteiger partial charge in [-0.05, 0) is 48.6 Å². The smallest absolute Gasteiger partial charge is 0.262 e. The zero-order chi connectivity index (χ0) is 18.3. The van der Waals surface area contributed by atoms with Gasteiger partial charge in [-0.25, -0.2) is 9.07 Å². The van der Waals surface area contributed by atoms with Crippen molar-refractivity contribution in [3.05, 3.63) is 69.4 Å². The van der Waals surface area contributed by atoms with Crippen molar-refractivity contribution in [1.82, 2.24) is 14.7 Å². The first kappa shape index (κ1) is 17.1. The summed E-state index contributed by atoms with van der Waals surface area (Å²) in [5, 5.41) is 4.39. The van der Waals surface area contributed by atoms with Gasteiger partial charge in [-0.3, -0.25) is 14.5 Å². The molecule has 2 aromatic carbocycles. The van der Waals surface area contributed by atoms with Gasteiger partial charge in [-0.2, -0.15) is 0 Å². The minimum atomic E-state index is -0.337. The molecule has 0 radical (unpaired) electrons. The van der Waals surface area contributed by atoms with Crippen molar-refractivity contribution in [3.8, 4) is 5.69 Å². The first-order valence-corrected chi connectivity index (χ1v) is 9.70. The molecule has 130 valence electrons. The lowest BCUT2D eigenvalue weighted by Crippen LogP contribution is -2.29. The van der Waals surface area contributed by atoms with Crippen LogP contribution in [0.15, 0.2) is 52.9 Å². The Labute approximate surface area is 161 Å². The van der Waals surface area contributed by atoms with Crippen LogP contribution in [0.4, 0.5) is 4.39 Å². The monoisotopic (exact) mass is 403 g/mol. The molecular weight excluding hydrogens is 393 g/mol. The molecule has 1 aliphatic heterocycles. The van der Waals surface area contributed by atoms with E-state index in [2.05, 4.69) is 5.10 Å². The number of fused-ring (bicyclic) bond motifs is 1. The molecule has 0 saturated carbocycles. The number of carbonyl (C=O) groups excluding carboxylic acids is 2. The molecule has 0 saturated heterocycles. The van der Waals surface area contributed by atoms with E-state index < -0.39 is 0 Å². The van der Waals surface area contributed by atoms with Gasteiger partial charge >= 0.3 is 0 Å². The maximum absolute atomic E-state index is 13.1. The van der Waals surface area contributed by atoms with E-state index >= 15 is 0 Å². The molecule has 0 fully saturated rings. The van der Waals surface area contributed by atoms with Crippen LogP contribution in [0.5, 0.6) is 0 Å². The number of hydrogen-bond acceptors (Lipinski definition) is 6. The fraction of sp³-hybridized carbons (Fsp3) is 0.0588. The first-order chi connectivity index (χ1) is 12.5. The number of aromatic nitrogens is 2. The van der Waals surface area contributed by atoms with Crippen LogP contribution >= 0.6 is 35.3 Å². The van der Waals surface area contributed by atoms with Crippen molar-refractivity contribution < 1.29 is 14.0 Å². The number of halogens is 1. The standard InChI is InChI=1S/C17H10FN3O2S3/c18-10-5-7-11(8-6-10)21-17(24)26-16(19-21)25-9-20-14(22)12-3-1-2-4-13(12)15(20)23/h1-8H,9H2. The lowest BCUT2D eigenvalue weighted by atomic mass is 10.1. The SMILES string of the molecule is O=C1c2ccccc2C(=O)N1CSc1nn(-c2ccc(F)cc2)c(=S)s1. The molecule has 2 heterocycles. The second-order valence-corrected chi connectivity index (χ2v) is 8.19. The molecule has 26 heavy (non-hydrogen) atoms. The summed E-state index contributed by atoms with van der Waals surface area (Å²) >= 11 is 7.83. The molecule has 1 aromatic heterocycles. The minimum Gasteiger partial charge on any atom is -0.269 e. The number of carbonyl (C=O) groups is 2. The third-order valence-corrected chi connectivity index (χ3v) is 6.14. The van der Waals surface area contributed by atoms with E-state index in [1.54, 1.807) is 36.4 Å². The zero-order valence-corrected chi connectivity index (χ0v) is 15.5. The molecular formula is C17H10FN3O2S3. The number of imide groups is 1. The molecule has 9 heteroatoms. The van der Waals surface area contributed by atoms with Crippen LogP contribution in [0.3, 0.4) is 0 Å². The van der Waals surface area contributed by atoms with Crippen molar-refractivity contribution >= 4 is 47.1 Å². The highest BCUT2D eigenvalue weighted by molar-refractivity contribution is 8.01. The molecule has 0 bridgehead atoms. The van der Waals surface area contributed by atoms with Crippen LogP contribution in [0.25, 0.3) is 5.69 Å². The van der Waals surface area contributed by atoms with Crippen LogP contribution in [0.2, 0.25) is 0 Å². The quantitative estimate of drug-likeness (QED) is 0.372. The van der Waals surface area contributed by atoms with Crippen LogP contribution in [0.1, 0.15) is 20.7 Å². The predicted molar refractivity (Wildman–Crippen MR) is 99.9 cm³/mol. The van der Waals surface area contributed by atoms with Gasteiger partial charge < -0.3 is 0 Å². The average molecular weight is 403 g/mol. The van der Waals surface area contributed by atoms with Crippen molar-refractivity contribution in [1.29, 1.82) is 0 Å². The highest BCUT2D eigenvalue weighted by Crippen LogP contribution is 2.29. The number of nitrogens with zero attached hydrogens (tertiary/aromatic N) is 3. The molecule has 0 atom stereocenters. The highest BCUT2D eigenvalue weighted by atomic mass is 32.2. The molecule has 1 aliphatic rings. The fourth-order valence-corrected chi connectivity index (χ4v) is 4.83. The Morgan fingerprint density at radius 1 is 1.04 bits per heavy atom. The van der Waals surface area contributed by atoms with E-state index in [-0.39, 0.29) is 23.5 Å². The molecule has 0 unspecified atom stereocenters. The Bertz CT molecular complexity index is 1040. The largest absolute Gasteiger partial charge is 0.269 e. The summed E-state index contributed by atoms with van der Waals surface area (Å²) in [6.45, 7) is 0. The summed E-state index contributed by atoms with van der Waals surface area (Å²) in [6, 6.07) is 12.6.